The van der Waals surface area contributed by atoms with E-state index in [2.05, 4.69) is 91.0 Å². The molecule has 224 valence electrons. The van der Waals surface area contributed by atoms with Crippen molar-refractivity contribution in [1.82, 2.24) is 19.9 Å². The summed E-state index contributed by atoms with van der Waals surface area (Å²) in [6, 6.07) is 47.8. The Bertz CT molecular complexity index is 2860. The van der Waals surface area contributed by atoms with E-state index in [1.54, 1.807) is 11.3 Å². The van der Waals surface area contributed by atoms with Crippen LogP contribution in [0.15, 0.2) is 150 Å². The van der Waals surface area contributed by atoms with E-state index in [0.717, 1.165) is 55.3 Å². The van der Waals surface area contributed by atoms with Gasteiger partial charge in [-0.2, -0.15) is 0 Å². The molecule has 0 radical (unpaired) electrons. The molecule has 10 rings (SSSR count). The number of aromatic nitrogens is 4. The zero-order valence-electron chi connectivity index (χ0n) is 25.5. The molecule has 0 N–H and O–H groups in total. The summed E-state index contributed by atoms with van der Waals surface area (Å²) in [5.41, 5.74) is 6.13. The second kappa shape index (κ2) is 10.7. The molecule has 4 heterocycles. The minimum Gasteiger partial charge on any atom is -0.454 e. The highest BCUT2D eigenvalue weighted by Gasteiger charge is 2.21. The summed E-state index contributed by atoms with van der Waals surface area (Å²) in [4.78, 5) is 20.1. The van der Waals surface area contributed by atoms with Crippen LogP contribution >= 0.6 is 11.3 Å². The van der Waals surface area contributed by atoms with Crippen molar-refractivity contribution in [2.75, 3.05) is 0 Å². The summed E-state index contributed by atoms with van der Waals surface area (Å²) in [6.07, 6.45) is 1.87. The van der Waals surface area contributed by atoms with Gasteiger partial charge in [0, 0.05) is 59.4 Å². The molecule has 10 aromatic rings. The average Bonchev–Trinajstić information content (AvgIpc) is 3.74. The van der Waals surface area contributed by atoms with Gasteiger partial charge in [0.15, 0.2) is 23.1 Å². The van der Waals surface area contributed by atoms with Crippen LogP contribution in [-0.4, -0.2) is 19.9 Å². The minimum atomic E-state index is 0.588. The summed E-state index contributed by atoms with van der Waals surface area (Å²) < 4.78 is 9.13. The van der Waals surface area contributed by atoms with Gasteiger partial charge in [-0.05, 0) is 35.0 Å². The van der Waals surface area contributed by atoms with Crippen molar-refractivity contribution in [2.24, 2.45) is 0 Å². The van der Waals surface area contributed by atoms with Gasteiger partial charge >= 0.3 is 0 Å². The van der Waals surface area contributed by atoms with Crippen LogP contribution in [0.2, 0.25) is 0 Å². The number of hydrogen-bond acceptors (Lipinski definition) is 6. The third-order valence-corrected chi connectivity index (χ3v) is 10.2. The monoisotopic (exact) mass is 632 g/mol. The molecule has 5 nitrogen and oxygen atoms in total. The van der Waals surface area contributed by atoms with Gasteiger partial charge in [0.1, 0.15) is 11.3 Å². The topological polar surface area (TPSA) is 64.7 Å². The molecule has 0 fully saturated rings. The molecule has 0 aliphatic heterocycles. The van der Waals surface area contributed by atoms with Gasteiger partial charge in [-0.3, -0.25) is 4.98 Å². The third-order valence-electron chi connectivity index (χ3n) is 8.99. The molecule has 0 unspecified atom stereocenters. The number of furan rings is 1. The predicted octanol–water partition coefficient (Wildman–Crippen LogP) is 11.4. The van der Waals surface area contributed by atoms with Gasteiger partial charge in [0.2, 0.25) is 0 Å². The van der Waals surface area contributed by atoms with Crippen LogP contribution in [-0.2, 0) is 0 Å². The van der Waals surface area contributed by atoms with Crippen LogP contribution in [0.4, 0.5) is 0 Å². The quantitative estimate of drug-likeness (QED) is 0.193. The zero-order chi connectivity index (χ0) is 31.6. The number of fused-ring (bicyclic) bond motifs is 7. The average molecular weight is 633 g/mol. The van der Waals surface area contributed by atoms with E-state index in [-0.39, 0.29) is 0 Å². The summed E-state index contributed by atoms with van der Waals surface area (Å²) >= 11 is 1.79. The van der Waals surface area contributed by atoms with Gasteiger partial charge in [-0.25, -0.2) is 15.0 Å². The Hall–Kier alpha value is -6.24. The maximum atomic E-state index is 6.67. The summed E-state index contributed by atoms with van der Waals surface area (Å²) in [5, 5.41) is 6.71. The van der Waals surface area contributed by atoms with Crippen LogP contribution in [0.25, 0.3) is 98.3 Å². The highest BCUT2D eigenvalue weighted by Crippen LogP contribution is 2.44. The minimum absolute atomic E-state index is 0.588. The molecule has 0 amide bonds. The molecular formula is C42H24N4OS. The number of nitrogens with zero attached hydrogens (tertiary/aromatic N) is 4. The summed E-state index contributed by atoms with van der Waals surface area (Å²) in [6.45, 7) is 0. The molecule has 0 bridgehead atoms. The molecule has 0 aliphatic carbocycles. The predicted molar refractivity (Wildman–Crippen MR) is 197 cm³/mol. The molecule has 6 aromatic carbocycles. The summed E-state index contributed by atoms with van der Waals surface area (Å²) in [5.74, 6) is 1.82. The lowest BCUT2D eigenvalue weighted by molar-refractivity contribution is 0.668. The number of hydrogen-bond donors (Lipinski definition) is 0. The molecule has 4 aromatic heterocycles. The lowest BCUT2D eigenvalue weighted by atomic mass is 10.0. The van der Waals surface area contributed by atoms with Gasteiger partial charge in [0.25, 0.3) is 0 Å². The fourth-order valence-corrected chi connectivity index (χ4v) is 7.95. The first-order valence-electron chi connectivity index (χ1n) is 15.8. The van der Waals surface area contributed by atoms with Crippen molar-refractivity contribution >= 4 is 64.2 Å². The Morgan fingerprint density at radius 1 is 0.500 bits per heavy atom. The van der Waals surface area contributed by atoms with Gasteiger partial charge in [-0.1, -0.05) is 115 Å². The number of rotatable bonds is 4. The van der Waals surface area contributed by atoms with Crippen molar-refractivity contribution in [3.63, 3.8) is 0 Å². The van der Waals surface area contributed by atoms with E-state index in [4.69, 9.17) is 24.4 Å². The molecule has 6 heteroatoms. The Morgan fingerprint density at radius 3 is 2.15 bits per heavy atom. The largest absolute Gasteiger partial charge is 0.454 e. The standard InChI is InChI=1S/C42H24N4OS/c1-2-11-26(12-3-1)40-44-41(28-21-20-25-10-4-5-13-27(25)24-28)46-42(45-40)32-16-9-18-34-36(32)31-22-23-43-37(38(31)47-34)33-17-8-15-30-29-14-6-7-19-35(29)48-39(30)33/h1-24H. The van der Waals surface area contributed by atoms with Gasteiger partial charge in [0.05, 0.1) is 0 Å². The highest BCUT2D eigenvalue weighted by atomic mass is 32.1. The SMILES string of the molecule is c1ccc(-c2nc(-c3ccc4ccccc4c3)nc(-c3cccc4oc5c(-c6cccc7c6sc6ccccc67)nccc5c34)n2)cc1. The maximum absolute atomic E-state index is 6.67. The first kappa shape index (κ1) is 26.9. The highest BCUT2D eigenvalue weighted by molar-refractivity contribution is 7.26. The molecule has 0 aliphatic rings. The lowest BCUT2D eigenvalue weighted by Crippen LogP contribution is -2.00. The lowest BCUT2D eigenvalue weighted by Gasteiger charge is -2.10. The number of benzene rings is 6. The van der Waals surface area contributed by atoms with E-state index in [1.165, 1.54) is 25.6 Å². The number of thiophene rings is 1. The smallest absolute Gasteiger partial charge is 0.164 e. The van der Waals surface area contributed by atoms with Gasteiger partial charge < -0.3 is 4.42 Å². The van der Waals surface area contributed by atoms with Crippen molar-refractivity contribution in [1.29, 1.82) is 0 Å². The molecule has 0 spiro atoms. The van der Waals surface area contributed by atoms with Crippen LogP contribution in [0, 0.1) is 0 Å². The van der Waals surface area contributed by atoms with Crippen LogP contribution in [0.1, 0.15) is 0 Å². The van der Waals surface area contributed by atoms with Crippen molar-refractivity contribution in [3.8, 4) is 45.4 Å². The van der Waals surface area contributed by atoms with Crippen LogP contribution in [0.3, 0.4) is 0 Å². The van der Waals surface area contributed by atoms with E-state index in [1.807, 2.05) is 54.7 Å². The molecule has 0 atom stereocenters. The van der Waals surface area contributed by atoms with Crippen molar-refractivity contribution in [2.45, 2.75) is 0 Å². The Morgan fingerprint density at radius 2 is 1.23 bits per heavy atom. The second-order valence-electron chi connectivity index (χ2n) is 11.8. The molecule has 0 saturated heterocycles. The normalized spacial score (nSPS) is 11.8. The Kier molecular flexibility index (Phi) is 5.98. The first-order chi connectivity index (χ1) is 23.8. The van der Waals surface area contributed by atoms with E-state index in [9.17, 15) is 0 Å². The van der Waals surface area contributed by atoms with Crippen LogP contribution < -0.4 is 0 Å². The Labute approximate surface area is 278 Å². The molecular weight excluding hydrogens is 609 g/mol. The first-order valence-corrected chi connectivity index (χ1v) is 16.6. The molecule has 0 saturated carbocycles. The van der Waals surface area contributed by atoms with E-state index in [0.29, 0.717) is 17.5 Å². The molecule has 48 heavy (non-hydrogen) atoms. The fraction of sp³-hybridized carbons (Fsp3) is 0. The van der Waals surface area contributed by atoms with Crippen molar-refractivity contribution < 1.29 is 4.42 Å². The van der Waals surface area contributed by atoms with E-state index >= 15 is 0 Å². The van der Waals surface area contributed by atoms with Gasteiger partial charge in [-0.15, -0.1) is 11.3 Å². The second-order valence-corrected chi connectivity index (χ2v) is 12.9. The van der Waals surface area contributed by atoms with Crippen LogP contribution in [0.5, 0.6) is 0 Å². The zero-order valence-corrected chi connectivity index (χ0v) is 26.3. The summed E-state index contributed by atoms with van der Waals surface area (Å²) in [7, 11) is 0. The third kappa shape index (κ3) is 4.24. The fourth-order valence-electron chi connectivity index (χ4n) is 6.73. The Balaban J connectivity index is 1.21. The maximum Gasteiger partial charge on any atom is 0.164 e. The van der Waals surface area contributed by atoms with E-state index < -0.39 is 0 Å². The number of pyridine rings is 1. The van der Waals surface area contributed by atoms with Crippen molar-refractivity contribution in [3.05, 3.63) is 146 Å².